The third kappa shape index (κ3) is 5.63. The predicted molar refractivity (Wildman–Crippen MR) is 82.7 cm³/mol. The number of allylic oxidation sites excluding steroid dienone is 8. The molecule has 0 saturated carbocycles. The van der Waals surface area contributed by atoms with Crippen molar-refractivity contribution in [2.24, 2.45) is 5.92 Å². The molecule has 0 bridgehead atoms. The molecule has 2 rings (SSSR count). The third-order valence-electron chi connectivity index (χ3n) is 4.42. The Morgan fingerprint density at radius 3 is 1.42 bits per heavy atom. The van der Waals surface area contributed by atoms with Crippen LogP contribution in [-0.4, -0.2) is 0 Å². The van der Waals surface area contributed by atoms with E-state index in [9.17, 15) is 0 Å². The van der Waals surface area contributed by atoms with Gasteiger partial charge in [0.15, 0.2) is 0 Å². The summed E-state index contributed by atoms with van der Waals surface area (Å²) >= 11 is 0. The average molecular weight is 437 g/mol. The SMILES string of the molecule is C1=CCCCCC=C1.CC1=C(C)C(C)C(C)=C1C.[Ir]. The van der Waals surface area contributed by atoms with Crippen molar-refractivity contribution in [1.82, 2.24) is 0 Å². The number of rotatable bonds is 0. The Labute approximate surface area is 133 Å². The van der Waals surface area contributed by atoms with Crippen LogP contribution in [0.1, 0.15) is 60.3 Å². The molecule has 0 amide bonds. The Balaban J connectivity index is 0.000000331. The zero-order chi connectivity index (χ0) is 13.5. The van der Waals surface area contributed by atoms with Gasteiger partial charge in [0.1, 0.15) is 0 Å². The van der Waals surface area contributed by atoms with Crippen LogP contribution >= 0.6 is 0 Å². The van der Waals surface area contributed by atoms with E-state index in [0.29, 0.717) is 5.92 Å². The van der Waals surface area contributed by atoms with E-state index >= 15 is 0 Å². The Morgan fingerprint density at radius 1 is 0.789 bits per heavy atom. The van der Waals surface area contributed by atoms with Gasteiger partial charge in [-0.3, -0.25) is 0 Å². The third-order valence-corrected chi connectivity index (χ3v) is 4.42. The summed E-state index contributed by atoms with van der Waals surface area (Å²) in [6.45, 7) is 11.2. The first-order valence-electron chi connectivity index (χ1n) is 7.22. The van der Waals surface area contributed by atoms with E-state index in [4.69, 9.17) is 0 Å². The molecular weight excluding hydrogens is 408 g/mol. The van der Waals surface area contributed by atoms with Crippen LogP contribution in [0.2, 0.25) is 0 Å². The maximum Gasteiger partial charge on any atom is 0 e. The molecule has 2 aliphatic rings. The largest absolute Gasteiger partial charge is 0.0845 e. The van der Waals surface area contributed by atoms with Crippen molar-refractivity contribution in [2.45, 2.75) is 60.3 Å². The normalized spacial score (nSPS) is 19.6. The molecule has 0 spiro atoms. The predicted octanol–water partition coefficient (Wildman–Crippen LogP) is 5.98. The van der Waals surface area contributed by atoms with Gasteiger partial charge < -0.3 is 0 Å². The minimum absolute atomic E-state index is 0. The van der Waals surface area contributed by atoms with Crippen LogP contribution < -0.4 is 0 Å². The molecule has 0 heterocycles. The van der Waals surface area contributed by atoms with E-state index in [0.717, 1.165) is 0 Å². The average Bonchev–Trinajstić information content (AvgIpc) is 2.48. The van der Waals surface area contributed by atoms with Crippen LogP contribution in [0.15, 0.2) is 46.6 Å². The Morgan fingerprint density at radius 2 is 1.16 bits per heavy atom. The van der Waals surface area contributed by atoms with Gasteiger partial charge in [-0.15, -0.1) is 0 Å². The fourth-order valence-corrected chi connectivity index (χ4v) is 2.44. The second-order valence-corrected chi connectivity index (χ2v) is 5.48. The summed E-state index contributed by atoms with van der Waals surface area (Å²) in [6.07, 6.45) is 14.0. The van der Waals surface area contributed by atoms with Crippen LogP contribution in [0.25, 0.3) is 0 Å². The molecule has 1 heteroatoms. The molecule has 0 saturated heterocycles. The molecule has 0 aliphatic heterocycles. The van der Waals surface area contributed by atoms with E-state index in [-0.39, 0.29) is 20.1 Å². The summed E-state index contributed by atoms with van der Waals surface area (Å²) in [5.41, 5.74) is 6.11. The van der Waals surface area contributed by atoms with Crippen molar-refractivity contribution in [3.63, 3.8) is 0 Å². The first-order valence-corrected chi connectivity index (χ1v) is 7.22. The van der Waals surface area contributed by atoms with Gasteiger partial charge in [-0.05, 0) is 70.4 Å². The zero-order valence-electron chi connectivity index (χ0n) is 13.0. The van der Waals surface area contributed by atoms with E-state index in [1.54, 1.807) is 11.1 Å². The Kier molecular flexibility index (Phi) is 9.31. The zero-order valence-corrected chi connectivity index (χ0v) is 15.4. The van der Waals surface area contributed by atoms with Crippen LogP contribution in [0.4, 0.5) is 0 Å². The smallest absolute Gasteiger partial charge is 0 e. The standard InChI is InChI=1S/C10H16.C8H12.Ir/c1-6-7(2)9(4)10(5)8(6)3;1-2-4-6-8-7-5-3-1;/h6H,1-5H3;1-4H,5-8H2;. The van der Waals surface area contributed by atoms with Crippen molar-refractivity contribution in [3.8, 4) is 0 Å². The monoisotopic (exact) mass is 437 g/mol. The van der Waals surface area contributed by atoms with E-state index in [1.165, 1.54) is 36.8 Å². The van der Waals surface area contributed by atoms with Gasteiger partial charge in [-0.25, -0.2) is 0 Å². The summed E-state index contributed by atoms with van der Waals surface area (Å²) in [5.74, 6) is 0.694. The number of hydrogen-bond acceptors (Lipinski definition) is 0. The summed E-state index contributed by atoms with van der Waals surface area (Å²) in [6, 6.07) is 0. The van der Waals surface area contributed by atoms with Gasteiger partial charge in [-0.1, -0.05) is 42.4 Å². The van der Waals surface area contributed by atoms with Gasteiger partial charge in [-0.2, -0.15) is 0 Å². The molecule has 19 heavy (non-hydrogen) atoms. The van der Waals surface area contributed by atoms with Gasteiger partial charge in [0.2, 0.25) is 0 Å². The molecule has 0 fully saturated rings. The van der Waals surface area contributed by atoms with E-state index < -0.39 is 0 Å². The molecule has 0 nitrogen and oxygen atoms in total. The van der Waals surface area contributed by atoms with E-state index in [1.807, 2.05) is 0 Å². The molecule has 2 aliphatic carbocycles. The van der Waals surface area contributed by atoms with Crippen molar-refractivity contribution < 1.29 is 20.1 Å². The van der Waals surface area contributed by atoms with E-state index in [2.05, 4.69) is 58.9 Å². The molecule has 0 atom stereocenters. The van der Waals surface area contributed by atoms with Crippen molar-refractivity contribution in [3.05, 3.63) is 46.6 Å². The van der Waals surface area contributed by atoms with Gasteiger partial charge in [0, 0.05) is 20.1 Å². The van der Waals surface area contributed by atoms with Crippen LogP contribution in [-0.2, 0) is 20.1 Å². The summed E-state index contributed by atoms with van der Waals surface area (Å²) in [7, 11) is 0. The van der Waals surface area contributed by atoms with Crippen molar-refractivity contribution >= 4 is 0 Å². The molecular formula is C18H28Ir. The summed E-state index contributed by atoms with van der Waals surface area (Å²) in [4.78, 5) is 0. The Bertz CT molecular complexity index is 356. The molecule has 109 valence electrons. The summed E-state index contributed by atoms with van der Waals surface area (Å²) < 4.78 is 0. The number of hydrogen-bond donors (Lipinski definition) is 0. The minimum atomic E-state index is 0. The minimum Gasteiger partial charge on any atom is -0.0845 e. The first kappa shape index (κ1) is 18.6. The van der Waals surface area contributed by atoms with Crippen molar-refractivity contribution in [1.29, 1.82) is 0 Å². The second-order valence-electron chi connectivity index (χ2n) is 5.48. The van der Waals surface area contributed by atoms with Gasteiger partial charge >= 0.3 is 0 Å². The first-order chi connectivity index (χ1) is 8.55. The topological polar surface area (TPSA) is 0 Å². The molecule has 1 radical (unpaired) electrons. The fraction of sp³-hybridized carbons (Fsp3) is 0.556. The molecule has 0 N–H and O–H groups in total. The molecule has 0 aromatic rings. The second kappa shape index (κ2) is 9.50. The Hall–Kier alpha value is -0.391. The maximum absolute atomic E-state index is 2.28. The molecule has 0 aromatic heterocycles. The van der Waals surface area contributed by atoms with Crippen LogP contribution in [0.3, 0.4) is 0 Å². The summed E-state index contributed by atoms with van der Waals surface area (Å²) in [5, 5.41) is 0. The molecule has 0 unspecified atom stereocenters. The molecule has 0 aromatic carbocycles. The quantitative estimate of drug-likeness (QED) is 0.438. The van der Waals surface area contributed by atoms with Crippen LogP contribution in [0, 0.1) is 5.92 Å². The van der Waals surface area contributed by atoms with Crippen LogP contribution in [0.5, 0.6) is 0 Å². The van der Waals surface area contributed by atoms with Crippen molar-refractivity contribution in [2.75, 3.05) is 0 Å². The van der Waals surface area contributed by atoms with Gasteiger partial charge in [0.25, 0.3) is 0 Å². The maximum atomic E-state index is 2.28. The fourth-order valence-electron chi connectivity index (χ4n) is 2.44. The van der Waals surface area contributed by atoms with Gasteiger partial charge in [0.05, 0.1) is 0 Å².